The average molecular weight is 409 g/mol. The number of H-pyrrole nitrogens is 2. The molecule has 0 saturated carbocycles. The monoisotopic (exact) mass is 408 g/mol. The lowest BCUT2D eigenvalue weighted by molar-refractivity contribution is 0.231. The number of benzene rings is 2. The van der Waals surface area contributed by atoms with E-state index in [2.05, 4.69) is 86.1 Å². The van der Waals surface area contributed by atoms with E-state index in [1.165, 1.54) is 27.7 Å². The van der Waals surface area contributed by atoms with E-state index in [1.807, 2.05) is 24.3 Å². The molecule has 1 aliphatic rings. The Balaban J connectivity index is 1.64. The first-order valence-corrected chi connectivity index (χ1v) is 10.4. The average Bonchev–Trinajstić information content (AvgIpc) is 3.47. The zero-order chi connectivity index (χ0) is 21.2. The van der Waals surface area contributed by atoms with Crippen molar-refractivity contribution in [2.75, 3.05) is 13.1 Å². The van der Waals surface area contributed by atoms with Gasteiger partial charge in [-0.2, -0.15) is 5.21 Å². The van der Waals surface area contributed by atoms with Gasteiger partial charge < -0.3 is 4.98 Å². The number of nitrogens with one attached hydrogen (secondary N) is 2. The van der Waals surface area contributed by atoms with Crippen molar-refractivity contribution in [3.05, 3.63) is 102 Å². The van der Waals surface area contributed by atoms with Crippen LogP contribution in [0.15, 0.2) is 85.5 Å². The van der Waals surface area contributed by atoms with Crippen molar-refractivity contribution in [3.63, 3.8) is 0 Å². The van der Waals surface area contributed by atoms with E-state index in [1.54, 1.807) is 0 Å². The summed E-state index contributed by atoms with van der Waals surface area (Å²) in [6.07, 6.45) is 6.76. The molecule has 0 fully saturated rings. The standard InChI is InChI=1S/C25H24N6/c1-3-8-17(4-2)16-31-14-13-21-20-11-5-6-12-22(20)26-23(21)24(31)18-9-7-10-19(15-18)25-27-29-30-28-25/h3-12,15,24,26H,1-2,13-14,16H2,(H,27,28,29,30)/b17-8+. The summed E-state index contributed by atoms with van der Waals surface area (Å²) in [7, 11) is 0. The van der Waals surface area contributed by atoms with Crippen LogP contribution in [0.1, 0.15) is 22.9 Å². The molecular weight excluding hydrogens is 384 g/mol. The van der Waals surface area contributed by atoms with Crippen LogP contribution in [0.25, 0.3) is 22.3 Å². The molecule has 31 heavy (non-hydrogen) atoms. The third-order valence-electron chi connectivity index (χ3n) is 5.92. The number of nitrogens with zero attached hydrogens (tertiary/aromatic N) is 4. The van der Waals surface area contributed by atoms with E-state index in [0.29, 0.717) is 5.82 Å². The predicted molar refractivity (Wildman–Crippen MR) is 124 cm³/mol. The highest BCUT2D eigenvalue weighted by Crippen LogP contribution is 2.39. The van der Waals surface area contributed by atoms with Gasteiger partial charge >= 0.3 is 0 Å². The number of aromatic nitrogens is 5. The topological polar surface area (TPSA) is 73.5 Å². The molecule has 0 radical (unpaired) electrons. The molecular formula is C25H24N6. The summed E-state index contributed by atoms with van der Waals surface area (Å²) in [6.45, 7) is 9.59. The van der Waals surface area contributed by atoms with Crippen molar-refractivity contribution in [1.29, 1.82) is 0 Å². The van der Waals surface area contributed by atoms with Crippen LogP contribution in [0.3, 0.4) is 0 Å². The third-order valence-corrected chi connectivity index (χ3v) is 5.92. The number of para-hydroxylation sites is 1. The van der Waals surface area contributed by atoms with Crippen LogP contribution in [0.5, 0.6) is 0 Å². The molecule has 1 aliphatic heterocycles. The maximum atomic E-state index is 4.15. The highest BCUT2D eigenvalue weighted by molar-refractivity contribution is 5.85. The Bertz CT molecular complexity index is 1260. The van der Waals surface area contributed by atoms with E-state index in [4.69, 9.17) is 0 Å². The molecule has 6 nitrogen and oxygen atoms in total. The summed E-state index contributed by atoms with van der Waals surface area (Å²) in [5.74, 6) is 0.597. The Labute approximate surface area is 181 Å². The predicted octanol–water partition coefficient (Wildman–Crippen LogP) is 4.59. The van der Waals surface area contributed by atoms with E-state index in [0.717, 1.165) is 30.6 Å². The molecule has 0 bridgehead atoms. The fourth-order valence-electron chi connectivity index (χ4n) is 4.54. The molecule has 0 amide bonds. The van der Waals surface area contributed by atoms with Gasteiger partial charge in [0.25, 0.3) is 0 Å². The number of hydrogen-bond acceptors (Lipinski definition) is 4. The van der Waals surface area contributed by atoms with Crippen LogP contribution in [0.2, 0.25) is 0 Å². The van der Waals surface area contributed by atoms with E-state index in [9.17, 15) is 0 Å². The number of fused-ring (bicyclic) bond motifs is 3. The van der Waals surface area contributed by atoms with Crippen molar-refractivity contribution in [2.24, 2.45) is 0 Å². The zero-order valence-corrected chi connectivity index (χ0v) is 17.3. The second-order valence-corrected chi connectivity index (χ2v) is 7.73. The SMILES string of the molecule is C=C/C=C(\C=C)CN1CCc2c([nH]c3ccccc23)C1c1cccc(-c2nn[nH]n2)c1. The molecule has 0 spiro atoms. The van der Waals surface area contributed by atoms with Crippen LogP contribution in [0.4, 0.5) is 0 Å². The van der Waals surface area contributed by atoms with Crippen LogP contribution >= 0.6 is 0 Å². The van der Waals surface area contributed by atoms with Crippen molar-refractivity contribution >= 4 is 10.9 Å². The summed E-state index contributed by atoms with van der Waals surface area (Å²) in [5, 5.41) is 15.9. The van der Waals surface area contributed by atoms with Gasteiger partial charge in [0.15, 0.2) is 0 Å². The van der Waals surface area contributed by atoms with Gasteiger partial charge in [-0.3, -0.25) is 4.90 Å². The molecule has 2 aromatic carbocycles. The molecule has 0 saturated heterocycles. The molecule has 154 valence electrons. The minimum atomic E-state index is 0.0798. The van der Waals surface area contributed by atoms with E-state index >= 15 is 0 Å². The lowest BCUT2D eigenvalue weighted by Crippen LogP contribution is -2.37. The van der Waals surface area contributed by atoms with Gasteiger partial charge in [0, 0.05) is 35.2 Å². The highest BCUT2D eigenvalue weighted by atomic mass is 15.5. The minimum Gasteiger partial charge on any atom is -0.357 e. The molecule has 2 aromatic heterocycles. The van der Waals surface area contributed by atoms with Gasteiger partial charge in [-0.25, -0.2) is 0 Å². The van der Waals surface area contributed by atoms with Gasteiger partial charge in [0.2, 0.25) is 5.82 Å². The minimum absolute atomic E-state index is 0.0798. The number of hydrogen-bond donors (Lipinski definition) is 2. The molecule has 1 unspecified atom stereocenters. The van der Waals surface area contributed by atoms with Crippen LogP contribution in [-0.2, 0) is 6.42 Å². The van der Waals surface area contributed by atoms with Crippen molar-refractivity contribution in [2.45, 2.75) is 12.5 Å². The van der Waals surface area contributed by atoms with E-state index in [-0.39, 0.29) is 6.04 Å². The highest BCUT2D eigenvalue weighted by Gasteiger charge is 2.32. The summed E-state index contributed by atoms with van der Waals surface area (Å²) >= 11 is 0. The second-order valence-electron chi connectivity index (χ2n) is 7.73. The lowest BCUT2D eigenvalue weighted by atomic mass is 9.91. The Morgan fingerprint density at radius 3 is 2.87 bits per heavy atom. The lowest BCUT2D eigenvalue weighted by Gasteiger charge is -2.36. The number of tetrazole rings is 1. The summed E-state index contributed by atoms with van der Waals surface area (Å²) < 4.78 is 0. The fourth-order valence-corrected chi connectivity index (χ4v) is 4.54. The largest absolute Gasteiger partial charge is 0.357 e. The van der Waals surface area contributed by atoms with Gasteiger partial charge in [-0.05, 0) is 40.5 Å². The maximum Gasteiger partial charge on any atom is 0.204 e. The van der Waals surface area contributed by atoms with Crippen LogP contribution in [-0.4, -0.2) is 43.6 Å². The van der Waals surface area contributed by atoms with Crippen LogP contribution < -0.4 is 0 Å². The first-order valence-electron chi connectivity index (χ1n) is 10.4. The first-order chi connectivity index (χ1) is 15.3. The Hall–Kier alpha value is -3.77. The molecule has 4 aromatic rings. The number of aromatic amines is 2. The third kappa shape index (κ3) is 3.51. The Morgan fingerprint density at radius 1 is 1.16 bits per heavy atom. The maximum absolute atomic E-state index is 4.15. The normalized spacial score (nSPS) is 16.9. The second kappa shape index (κ2) is 8.16. The van der Waals surface area contributed by atoms with Gasteiger partial charge in [0.05, 0.1) is 6.04 Å². The molecule has 1 atom stereocenters. The number of allylic oxidation sites excluding steroid dienone is 2. The van der Waals surface area contributed by atoms with Crippen molar-refractivity contribution in [1.82, 2.24) is 30.5 Å². The van der Waals surface area contributed by atoms with Gasteiger partial charge in [-0.15, -0.1) is 10.2 Å². The fraction of sp³-hybridized carbons (Fsp3) is 0.160. The molecule has 6 heteroatoms. The molecule has 0 aliphatic carbocycles. The van der Waals surface area contributed by atoms with Crippen LogP contribution in [0, 0.1) is 0 Å². The zero-order valence-electron chi connectivity index (χ0n) is 17.3. The van der Waals surface area contributed by atoms with E-state index < -0.39 is 0 Å². The smallest absolute Gasteiger partial charge is 0.204 e. The molecule has 3 heterocycles. The number of rotatable bonds is 6. The summed E-state index contributed by atoms with van der Waals surface area (Å²) in [4.78, 5) is 6.21. The van der Waals surface area contributed by atoms with Gasteiger partial charge in [0.1, 0.15) is 0 Å². The molecule has 2 N–H and O–H groups in total. The summed E-state index contributed by atoms with van der Waals surface area (Å²) in [6, 6.07) is 17.0. The quantitative estimate of drug-likeness (QED) is 0.458. The Kier molecular flexibility index (Phi) is 5.06. The summed E-state index contributed by atoms with van der Waals surface area (Å²) in [5.41, 5.74) is 7.11. The molecule has 5 rings (SSSR count). The Morgan fingerprint density at radius 2 is 2.06 bits per heavy atom. The van der Waals surface area contributed by atoms with Crippen molar-refractivity contribution in [3.8, 4) is 11.4 Å². The van der Waals surface area contributed by atoms with Crippen molar-refractivity contribution < 1.29 is 0 Å². The van der Waals surface area contributed by atoms with Gasteiger partial charge in [-0.1, -0.05) is 67.8 Å². The first kappa shape index (κ1) is 19.2.